The molecule has 7 nitrogen and oxygen atoms in total. The van der Waals surface area contributed by atoms with Crippen molar-refractivity contribution in [2.45, 2.75) is 20.4 Å². The Morgan fingerprint density at radius 1 is 1.16 bits per heavy atom. The Morgan fingerprint density at radius 3 is 2.56 bits per heavy atom. The number of benzene rings is 1. The third-order valence-electron chi connectivity index (χ3n) is 5.08. The van der Waals surface area contributed by atoms with Gasteiger partial charge >= 0.3 is 5.97 Å². The zero-order valence-electron chi connectivity index (χ0n) is 17.5. The molecule has 0 bridgehead atoms. The van der Waals surface area contributed by atoms with E-state index in [1.807, 2.05) is 44.2 Å². The van der Waals surface area contributed by atoms with Crippen LogP contribution in [0.1, 0.15) is 33.3 Å². The van der Waals surface area contributed by atoms with Crippen molar-refractivity contribution >= 4 is 46.6 Å². The summed E-state index contributed by atoms with van der Waals surface area (Å²) in [6.45, 7) is 3.86. The van der Waals surface area contributed by atoms with Crippen LogP contribution in [0.15, 0.2) is 51.8 Å². The Bertz CT molecular complexity index is 1260. The summed E-state index contributed by atoms with van der Waals surface area (Å²) >= 11 is 6.87. The van der Waals surface area contributed by atoms with Gasteiger partial charge in [0, 0.05) is 22.1 Å². The lowest BCUT2D eigenvalue weighted by atomic mass is 10.2. The second kappa shape index (κ2) is 8.72. The molecule has 1 aromatic carbocycles. The number of hydrogen-bond acceptors (Lipinski definition) is 6. The van der Waals surface area contributed by atoms with E-state index in [9.17, 15) is 14.4 Å². The van der Waals surface area contributed by atoms with Crippen LogP contribution in [-0.2, 0) is 16.1 Å². The molecule has 0 radical (unpaired) electrons. The largest absolute Gasteiger partial charge is 0.463 e. The molecule has 1 fully saturated rings. The first-order valence-electron chi connectivity index (χ1n) is 9.65. The highest BCUT2D eigenvalue weighted by Crippen LogP contribution is 2.35. The number of imide groups is 1. The molecule has 0 saturated carbocycles. The summed E-state index contributed by atoms with van der Waals surface area (Å²) in [7, 11) is 1.25. The van der Waals surface area contributed by atoms with Crippen LogP contribution < -0.4 is 0 Å². The summed E-state index contributed by atoms with van der Waals surface area (Å²) in [5.74, 6) is -0.705. The summed E-state index contributed by atoms with van der Waals surface area (Å²) in [4.78, 5) is 38.3. The highest BCUT2D eigenvalue weighted by atomic mass is 35.5. The normalized spacial score (nSPS) is 15.1. The molecule has 2 amide bonds. The average Bonchev–Trinajstić information content (AvgIpc) is 3.42. The predicted octanol–water partition coefficient (Wildman–Crippen LogP) is 5.36. The lowest BCUT2D eigenvalue weighted by Crippen LogP contribution is -2.27. The van der Waals surface area contributed by atoms with Crippen LogP contribution >= 0.6 is 23.4 Å². The van der Waals surface area contributed by atoms with E-state index >= 15 is 0 Å². The summed E-state index contributed by atoms with van der Waals surface area (Å²) in [6.07, 6.45) is 1.72. The smallest absolute Gasteiger partial charge is 0.373 e. The quantitative estimate of drug-likeness (QED) is 0.368. The summed E-state index contributed by atoms with van der Waals surface area (Å²) < 4.78 is 12.0. The van der Waals surface area contributed by atoms with Gasteiger partial charge in [-0.05, 0) is 79.7 Å². The minimum Gasteiger partial charge on any atom is -0.463 e. The third-order valence-corrected chi connectivity index (χ3v) is 6.24. The first kappa shape index (κ1) is 22.0. The van der Waals surface area contributed by atoms with Crippen LogP contribution in [0.25, 0.3) is 11.8 Å². The van der Waals surface area contributed by atoms with Gasteiger partial charge in [-0.15, -0.1) is 0 Å². The fourth-order valence-electron chi connectivity index (χ4n) is 3.53. The number of aromatic nitrogens is 1. The standard InChI is InChI=1S/C23H19ClN2O5S/c1-13-10-15(14(2)26(13)17-6-4-16(24)5-7-17)11-20-21(27)25(23(29)32-20)12-18-8-9-19(31-18)22(28)30-3/h4-11H,12H2,1-3H3/b20-11-. The van der Waals surface area contributed by atoms with Gasteiger partial charge in [-0.2, -0.15) is 0 Å². The summed E-state index contributed by atoms with van der Waals surface area (Å²) in [5.41, 5.74) is 3.72. The molecule has 3 heterocycles. The van der Waals surface area contributed by atoms with Gasteiger partial charge in [-0.3, -0.25) is 14.5 Å². The van der Waals surface area contributed by atoms with Crippen LogP contribution in [0.4, 0.5) is 4.79 Å². The summed E-state index contributed by atoms with van der Waals surface area (Å²) in [6, 6.07) is 12.4. The SMILES string of the molecule is COC(=O)c1ccc(CN2C(=O)S/C(=C\c3cc(C)n(-c4ccc(Cl)cc4)c3C)C2=O)o1. The number of methoxy groups -OCH3 is 1. The van der Waals surface area contributed by atoms with E-state index in [2.05, 4.69) is 9.30 Å². The van der Waals surface area contributed by atoms with Crippen molar-refractivity contribution in [3.05, 3.63) is 80.9 Å². The van der Waals surface area contributed by atoms with E-state index in [1.165, 1.54) is 13.2 Å². The number of thioether (sulfide) groups is 1. The Balaban J connectivity index is 1.58. The number of nitrogens with zero attached hydrogens (tertiary/aromatic N) is 2. The van der Waals surface area contributed by atoms with E-state index in [0.717, 1.165) is 39.3 Å². The van der Waals surface area contributed by atoms with Gasteiger partial charge < -0.3 is 13.7 Å². The molecule has 3 aromatic rings. The Labute approximate surface area is 193 Å². The molecular weight excluding hydrogens is 452 g/mol. The fraction of sp³-hybridized carbons (Fsp3) is 0.174. The number of carbonyl (C=O) groups is 3. The van der Waals surface area contributed by atoms with Gasteiger partial charge in [0.2, 0.25) is 5.76 Å². The topological polar surface area (TPSA) is 81.8 Å². The van der Waals surface area contributed by atoms with Crippen LogP contribution in [0.3, 0.4) is 0 Å². The van der Waals surface area contributed by atoms with Gasteiger partial charge in [0.25, 0.3) is 11.1 Å². The van der Waals surface area contributed by atoms with Gasteiger partial charge in [0.15, 0.2) is 0 Å². The zero-order chi connectivity index (χ0) is 23.0. The van der Waals surface area contributed by atoms with Crippen LogP contribution in [-0.4, -0.2) is 33.7 Å². The monoisotopic (exact) mass is 470 g/mol. The molecule has 1 saturated heterocycles. The first-order valence-corrected chi connectivity index (χ1v) is 10.8. The van der Waals surface area contributed by atoms with Gasteiger partial charge in [-0.1, -0.05) is 11.6 Å². The number of hydrogen-bond donors (Lipinski definition) is 0. The van der Waals surface area contributed by atoms with Crippen molar-refractivity contribution in [1.82, 2.24) is 9.47 Å². The molecule has 32 heavy (non-hydrogen) atoms. The predicted molar refractivity (Wildman–Crippen MR) is 122 cm³/mol. The van der Waals surface area contributed by atoms with Crippen LogP contribution in [0.5, 0.6) is 0 Å². The highest BCUT2D eigenvalue weighted by molar-refractivity contribution is 8.18. The molecular formula is C23H19ClN2O5S. The molecule has 0 N–H and O–H groups in total. The minimum absolute atomic E-state index is 0.0136. The van der Waals surface area contributed by atoms with Crippen molar-refractivity contribution in [1.29, 1.82) is 0 Å². The number of amides is 2. The second-order valence-electron chi connectivity index (χ2n) is 7.16. The maximum Gasteiger partial charge on any atom is 0.373 e. The van der Waals surface area contributed by atoms with E-state index in [1.54, 1.807) is 12.1 Å². The molecule has 0 spiro atoms. The molecule has 0 unspecified atom stereocenters. The zero-order valence-corrected chi connectivity index (χ0v) is 19.1. The van der Waals surface area contributed by atoms with E-state index in [-0.39, 0.29) is 12.3 Å². The molecule has 164 valence electrons. The highest BCUT2D eigenvalue weighted by Gasteiger charge is 2.36. The molecule has 1 aliphatic heterocycles. The summed E-state index contributed by atoms with van der Waals surface area (Å²) in [5, 5.41) is 0.254. The lowest BCUT2D eigenvalue weighted by Gasteiger charge is -2.10. The molecule has 0 aliphatic carbocycles. The minimum atomic E-state index is -0.624. The fourth-order valence-corrected chi connectivity index (χ4v) is 4.48. The number of aryl methyl sites for hydroxylation is 1. The Hall–Kier alpha value is -3.23. The molecule has 0 atom stereocenters. The maximum atomic E-state index is 12.9. The first-order chi connectivity index (χ1) is 15.3. The number of ether oxygens (including phenoxy) is 1. The van der Waals surface area contributed by atoms with Crippen molar-refractivity contribution in [2.24, 2.45) is 0 Å². The average molecular weight is 471 g/mol. The maximum absolute atomic E-state index is 12.9. The Morgan fingerprint density at radius 2 is 1.88 bits per heavy atom. The number of carbonyl (C=O) groups excluding carboxylic acids is 3. The van der Waals surface area contributed by atoms with Gasteiger partial charge in [-0.25, -0.2) is 4.79 Å². The van der Waals surface area contributed by atoms with E-state index in [4.69, 9.17) is 16.0 Å². The number of halogens is 1. The molecule has 1 aliphatic rings. The lowest BCUT2D eigenvalue weighted by molar-refractivity contribution is -0.123. The van der Waals surface area contributed by atoms with Crippen molar-refractivity contribution in [2.75, 3.05) is 7.11 Å². The molecule has 9 heteroatoms. The van der Waals surface area contributed by atoms with Gasteiger partial charge in [0.05, 0.1) is 18.6 Å². The van der Waals surface area contributed by atoms with Crippen LogP contribution in [0, 0.1) is 13.8 Å². The van der Waals surface area contributed by atoms with Gasteiger partial charge in [0.1, 0.15) is 5.76 Å². The molecule has 2 aromatic heterocycles. The number of rotatable bonds is 5. The number of esters is 1. The second-order valence-corrected chi connectivity index (χ2v) is 8.59. The Kier molecular flexibility index (Phi) is 5.99. The van der Waals surface area contributed by atoms with E-state index in [0.29, 0.717) is 15.7 Å². The van der Waals surface area contributed by atoms with Crippen molar-refractivity contribution in [3.63, 3.8) is 0 Å². The van der Waals surface area contributed by atoms with Crippen molar-refractivity contribution < 1.29 is 23.5 Å². The van der Waals surface area contributed by atoms with E-state index < -0.39 is 17.1 Å². The third kappa shape index (κ3) is 4.11. The van der Waals surface area contributed by atoms with Crippen LogP contribution in [0.2, 0.25) is 5.02 Å². The number of furan rings is 1. The van der Waals surface area contributed by atoms with Crippen molar-refractivity contribution in [3.8, 4) is 5.69 Å². The molecule has 4 rings (SSSR count).